The molecule has 2 fully saturated rings. The number of hydrogen-bond acceptors (Lipinski definition) is 5. The van der Waals surface area contributed by atoms with Gasteiger partial charge in [0.05, 0.1) is 19.6 Å². The zero-order chi connectivity index (χ0) is 20.5. The average molecular weight is 530 g/mol. The van der Waals surface area contributed by atoms with Crippen molar-refractivity contribution in [2.45, 2.75) is 6.92 Å². The van der Waals surface area contributed by atoms with Crippen LogP contribution in [0.4, 0.5) is 4.79 Å². The minimum Gasteiger partial charge on any atom is -0.492 e. The van der Waals surface area contributed by atoms with Gasteiger partial charge in [-0.1, -0.05) is 18.2 Å². The highest BCUT2D eigenvalue weighted by atomic mass is 127. The van der Waals surface area contributed by atoms with Crippen molar-refractivity contribution in [3.63, 3.8) is 0 Å². The molecule has 0 spiro atoms. The van der Waals surface area contributed by atoms with Crippen molar-refractivity contribution >= 4 is 41.9 Å². The second-order valence-electron chi connectivity index (χ2n) is 6.93. The van der Waals surface area contributed by atoms with Crippen LogP contribution in [0.5, 0.6) is 5.75 Å². The fourth-order valence-electron chi connectivity index (χ4n) is 3.36. The largest absolute Gasteiger partial charge is 0.492 e. The Morgan fingerprint density at radius 2 is 1.87 bits per heavy atom. The minimum absolute atomic E-state index is 0. The van der Waals surface area contributed by atoms with Gasteiger partial charge in [0.25, 0.3) is 0 Å². The summed E-state index contributed by atoms with van der Waals surface area (Å²) in [5, 5.41) is 5.83. The monoisotopic (exact) mass is 530 g/mol. The number of ether oxygens (including phenoxy) is 1. The number of amides is 3. The molecule has 9 nitrogen and oxygen atoms in total. The lowest BCUT2D eigenvalue weighted by Gasteiger charge is -2.36. The quantitative estimate of drug-likeness (QED) is 0.224. The van der Waals surface area contributed by atoms with Crippen molar-refractivity contribution in [2.75, 3.05) is 65.5 Å². The van der Waals surface area contributed by atoms with Gasteiger partial charge in [0, 0.05) is 39.3 Å². The van der Waals surface area contributed by atoms with E-state index < -0.39 is 0 Å². The number of carbonyl (C=O) groups is 2. The van der Waals surface area contributed by atoms with E-state index in [-0.39, 0.29) is 42.5 Å². The number of benzene rings is 1. The lowest BCUT2D eigenvalue weighted by atomic mass is 10.3. The van der Waals surface area contributed by atoms with E-state index in [4.69, 9.17) is 4.74 Å². The maximum absolute atomic E-state index is 11.7. The van der Waals surface area contributed by atoms with E-state index in [1.165, 1.54) is 4.90 Å². The van der Waals surface area contributed by atoms with Crippen molar-refractivity contribution < 1.29 is 14.3 Å². The molecule has 2 saturated heterocycles. The van der Waals surface area contributed by atoms with Gasteiger partial charge in [-0.25, -0.2) is 4.79 Å². The molecule has 2 aliphatic rings. The van der Waals surface area contributed by atoms with Gasteiger partial charge in [0.2, 0.25) is 5.91 Å². The van der Waals surface area contributed by atoms with Crippen LogP contribution in [0.25, 0.3) is 0 Å². The number of rotatable bonds is 8. The molecule has 3 rings (SSSR count). The van der Waals surface area contributed by atoms with Crippen LogP contribution in [0.15, 0.2) is 35.3 Å². The Balaban J connectivity index is 0.00000320. The summed E-state index contributed by atoms with van der Waals surface area (Å²) in [6.07, 6.45) is 0. The Morgan fingerprint density at radius 1 is 1.13 bits per heavy atom. The topological polar surface area (TPSA) is 89.5 Å². The maximum atomic E-state index is 11.7. The van der Waals surface area contributed by atoms with Crippen LogP contribution in [-0.2, 0) is 4.79 Å². The number of nitrogens with one attached hydrogen (secondary N) is 2. The Morgan fingerprint density at radius 3 is 2.50 bits per heavy atom. The van der Waals surface area contributed by atoms with E-state index in [1.54, 1.807) is 0 Å². The van der Waals surface area contributed by atoms with Crippen molar-refractivity contribution in [3.05, 3.63) is 30.3 Å². The third-order valence-electron chi connectivity index (χ3n) is 4.95. The SMILES string of the molecule is CCNC(=NCCN1C(=O)CNC1=O)N1CCN(CCOc2ccccc2)CC1.I. The lowest BCUT2D eigenvalue weighted by molar-refractivity contribution is -0.124. The zero-order valence-corrected chi connectivity index (χ0v) is 19.7. The summed E-state index contributed by atoms with van der Waals surface area (Å²) in [4.78, 5) is 33.7. The van der Waals surface area contributed by atoms with Crippen molar-refractivity contribution in [2.24, 2.45) is 4.99 Å². The Kier molecular flexibility index (Phi) is 10.1. The van der Waals surface area contributed by atoms with E-state index in [2.05, 4.69) is 25.4 Å². The number of guanidine groups is 1. The molecule has 30 heavy (non-hydrogen) atoms. The molecule has 2 aliphatic heterocycles. The number of imide groups is 1. The Hall–Kier alpha value is -2.08. The van der Waals surface area contributed by atoms with Crippen LogP contribution < -0.4 is 15.4 Å². The van der Waals surface area contributed by atoms with Crippen LogP contribution in [-0.4, -0.2) is 98.1 Å². The summed E-state index contributed by atoms with van der Waals surface area (Å²) in [6.45, 7) is 8.78. The molecule has 0 atom stereocenters. The second kappa shape index (κ2) is 12.6. The first-order chi connectivity index (χ1) is 14.2. The second-order valence-corrected chi connectivity index (χ2v) is 6.93. The van der Waals surface area contributed by atoms with Crippen LogP contribution in [0, 0.1) is 0 Å². The fourth-order valence-corrected chi connectivity index (χ4v) is 3.36. The summed E-state index contributed by atoms with van der Waals surface area (Å²) < 4.78 is 5.78. The van der Waals surface area contributed by atoms with Gasteiger partial charge in [0.1, 0.15) is 12.4 Å². The van der Waals surface area contributed by atoms with E-state index in [9.17, 15) is 9.59 Å². The number of piperazine rings is 1. The first-order valence-corrected chi connectivity index (χ1v) is 10.2. The molecule has 0 aliphatic carbocycles. The summed E-state index contributed by atoms with van der Waals surface area (Å²) in [5.41, 5.74) is 0. The summed E-state index contributed by atoms with van der Waals surface area (Å²) in [6, 6.07) is 9.53. The van der Waals surface area contributed by atoms with Crippen LogP contribution in [0.2, 0.25) is 0 Å². The Labute approximate surface area is 194 Å². The first-order valence-electron chi connectivity index (χ1n) is 10.2. The van der Waals surface area contributed by atoms with Gasteiger partial charge in [-0.2, -0.15) is 0 Å². The fraction of sp³-hybridized carbons (Fsp3) is 0.550. The standard InChI is InChI=1S/C20H30N6O3.HI/c1-2-21-19(22-8-9-26-18(27)16-23-20(26)28)25-12-10-24(11-13-25)14-15-29-17-6-4-3-5-7-17;/h3-7H,2,8-16H2,1H3,(H,21,22)(H,23,28);1H. The Bertz CT molecular complexity index is 694. The van der Waals surface area contributed by atoms with Crippen molar-refractivity contribution in [3.8, 4) is 5.75 Å². The predicted octanol–water partition coefficient (Wildman–Crippen LogP) is 0.818. The maximum Gasteiger partial charge on any atom is 0.324 e. The lowest BCUT2D eigenvalue weighted by Crippen LogP contribution is -2.53. The number of carbonyl (C=O) groups excluding carboxylic acids is 2. The van der Waals surface area contributed by atoms with E-state index in [1.807, 2.05) is 37.3 Å². The highest BCUT2D eigenvalue weighted by Gasteiger charge is 2.27. The molecule has 1 aromatic carbocycles. The van der Waals surface area contributed by atoms with Gasteiger partial charge >= 0.3 is 6.03 Å². The number of aliphatic imine (C=N–C) groups is 1. The molecule has 0 saturated carbocycles. The molecule has 166 valence electrons. The average Bonchev–Trinajstić information content (AvgIpc) is 3.06. The molecule has 1 aromatic rings. The zero-order valence-electron chi connectivity index (χ0n) is 17.4. The van der Waals surface area contributed by atoms with Crippen LogP contribution in [0.1, 0.15) is 6.92 Å². The van der Waals surface area contributed by atoms with E-state index in [0.29, 0.717) is 19.7 Å². The smallest absolute Gasteiger partial charge is 0.324 e. The number of halogens is 1. The minimum atomic E-state index is -0.332. The molecule has 10 heteroatoms. The molecule has 2 heterocycles. The number of para-hydroxylation sites is 1. The number of hydrogen-bond donors (Lipinski definition) is 2. The number of urea groups is 1. The highest BCUT2D eigenvalue weighted by molar-refractivity contribution is 14.0. The molecule has 0 radical (unpaired) electrons. The summed E-state index contributed by atoms with van der Waals surface area (Å²) in [5.74, 6) is 1.54. The van der Waals surface area contributed by atoms with E-state index >= 15 is 0 Å². The third-order valence-corrected chi connectivity index (χ3v) is 4.95. The predicted molar refractivity (Wildman–Crippen MR) is 126 cm³/mol. The highest BCUT2D eigenvalue weighted by Crippen LogP contribution is 2.09. The van der Waals surface area contributed by atoms with Crippen molar-refractivity contribution in [1.29, 1.82) is 0 Å². The first kappa shape index (κ1) is 24.2. The molecule has 0 bridgehead atoms. The van der Waals surface area contributed by atoms with Gasteiger partial charge in [-0.3, -0.25) is 19.6 Å². The molecule has 0 unspecified atom stereocenters. The molecular formula is C20H31IN6O3. The van der Waals surface area contributed by atoms with Gasteiger partial charge in [-0.05, 0) is 19.1 Å². The molecule has 0 aromatic heterocycles. The van der Waals surface area contributed by atoms with Crippen molar-refractivity contribution in [1.82, 2.24) is 25.3 Å². The summed E-state index contributed by atoms with van der Waals surface area (Å²) >= 11 is 0. The van der Waals surface area contributed by atoms with Gasteiger partial charge in [-0.15, -0.1) is 24.0 Å². The van der Waals surface area contributed by atoms with Crippen LogP contribution in [0.3, 0.4) is 0 Å². The third kappa shape index (κ3) is 7.01. The van der Waals surface area contributed by atoms with Gasteiger partial charge in [0.15, 0.2) is 5.96 Å². The molecule has 3 amide bonds. The summed E-state index contributed by atoms with van der Waals surface area (Å²) in [7, 11) is 0. The van der Waals surface area contributed by atoms with Gasteiger partial charge < -0.3 is 20.3 Å². The normalized spacial score (nSPS) is 17.6. The van der Waals surface area contributed by atoms with E-state index in [0.717, 1.165) is 51.0 Å². The number of nitrogens with zero attached hydrogens (tertiary/aromatic N) is 4. The molecule has 2 N–H and O–H groups in total. The molecular weight excluding hydrogens is 499 g/mol. The van der Waals surface area contributed by atoms with Crippen LogP contribution >= 0.6 is 24.0 Å².